The summed E-state index contributed by atoms with van der Waals surface area (Å²) in [5, 5.41) is 1.23. The molecule has 2 aromatic carbocycles. The molecule has 1 aliphatic rings. The Bertz CT molecular complexity index is 1150. The van der Waals surface area contributed by atoms with Crippen LogP contribution in [0.5, 0.6) is 0 Å². The average Bonchev–Trinajstić information content (AvgIpc) is 3.16. The lowest BCUT2D eigenvalue weighted by Gasteiger charge is -2.33. The number of amides is 1. The topological polar surface area (TPSA) is 78.8 Å². The molecule has 0 atom stereocenters. The number of aromatic amines is 1. The van der Waals surface area contributed by atoms with E-state index in [-0.39, 0.29) is 12.7 Å². The Kier molecular flexibility index (Phi) is 6.65. The molecular weight excluding hydrogens is 441 g/mol. The SMILES string of the molecule is O=C(OCc1ccc(Cl)cc1)N1CCN(CC=C(Cl)c2ccc3[nH]c(=O)oc3c2)CC1. The second-order valence-electron chi connectivity index (χ2n) is 7.25. The third-order valence-electron chi connectivity index (χ3n) is 5.13. The Morgan fingerprint density at radius 3 is 2.61 bits per heavy atom. The van der Waals surface area contributed by atoms with Crippen molar-refractivity contribution < 1.29 is 13.9 Å². The van der Waals surface area contributed by atoms with Crippen molar-refractivity contribution in [3.63, 3.8) is 0 Å². The number of hydrogen-bond donors (Lipinski definition) is 1. The minimum absolute atomic E-state index is 0.222. The number of carbonyl (C=O) groups excluding carboxylic acids is 1. The number of nitrogens with one attached hydrogen (secondary N) is 1. The van der Waals surface area contributed by atoms with Crippen LogP contribution in [0.3, 0.4) is 0 Å². The molecule has 0 spiro atoms. The summed E-state index contributed by atoms with van der Waals surface area (Å²) in [5.41, 5.74) is 2.78. The van der Waals surface area contributed by atoms with E-state index in [1.54, 1.807) is 29.2 Å². The molecular formula is C22H21Cl2N3O4. The van der Waals surface area contributed by atoms with E-state index in [9.17, 15) is 9.59 Å². The molecule has 9 heteroatoms. The fourth-order valence-electron chi connectivity index (χ4n) is 3.35. The van der Waals surface area contributed by atoms with Crippen LogP contribution in [-0.4, -0.2) is 53.6 Å². The van der Waals surface area contributed by atoms with Gasteiger partial charge in [-0.05, 0) is 35.4 Å². The van der Waals surface area contributed by atoms with Crippen molar-refractivity contribution in [2.75, 3.05) is 32.7 Å². The van der Waals surface area contributed by atoms with Crippen LogP contribution >= 0.6 is 23.2 Å². The van der Waals surface area contributed by atoms with Crippen molar-refractivity contribution >= 4 is 45.4 Å². The molecule has 1 N–H and O–H groups in total. The largest absolute Gasteiger partial charge is 0.445 e. The number of aromatic nitrogens is 1. The number of carbonyl (C=O) groups is 1. The van der Waals surface area contributed by atoms with E-state index < -0.39 is 5.76 Å². The van der Waals surface area contributed by atoms with Crippen molar-refractivity contribution in [3.05, 3.63) is 75.2 Å². The van der Waals surface area contributed by atoms with E-state index in [2.05, 4.69) is 9.88 Å². The fourth-order valence-corrected chi connectivity index (χ4v) is 3.66. The minimum Gasteiger partial charge on any atom is -0.445 e. The van der Waals surface area contributed by atoms with E-state index in [0.717, 1.165) is 24.2 Å². The first-order chi connectivity index (χ1) is 15.0. The van der Waals surface area contributed by atoms with Gasteiger partial charge in [0.2, 0.25) is 0 Å². The molecule has 4 rings (SSSR count). The van der Waals surface area contributed by atoms with Crippen LogP contribution in [0, 0.1) is 0 Å². The smallest absolute Gasteiger partial charge is 0.417 e. The monoisotopic (exact) mass is 461 g/mol. The number of rotatable bonds is 5. The molecule has 31 heavy (non-hydrogen) atoms. The fraction of sp³-hybridized carbons (Fsp3) is 0.273. The normalized spacial score (nSPS) is 15.4. The highest BCUT2D eigenvalue weighted by Crippen LogP contribution is 2.22. The molecule has 0 aliphatic carbocycles. The van der Waals surface area contributed by atoms with Crippen LogP contribution in [0.2, 0.25) is 5.02 Å². The Labute approximate surface area is 188 Å². The van der Waals surface area contributed by atoms with Gasteiger partial charge in [0.25, 0.3) is 0 Å². The van der Waals surface area contributed by atoms with Crippen molar-refractivity contribution in [3.8, 4) is 0 Å². The first kappa shape index (κ1) is 21.5. The van der Waals surface area contributed by atoms with Gasteiger partial charge in [-0.15, -0.1) is 0 Å². The Morgan fingerprint density at radius 1 is 1.13 bits per heavy atom. The zero-order chi connectivity index (χ0) is 21.8. The Balaban J connectivity index is 1.25. The number of benzene rings is 2. The minimum atomic E-state index is -0.489. The Hall–Kier alpha value is -2.74. The second-order valence-corrected chi connectivity index (χ2v) is 8.09. The maximum absolute atomic E-state index is 12.3. The number of oxazole rings is 1. The summed E-state index contributed by atoms with van der Waals surface area (Å²) in [5.74, 6) is -0.489. The van der Waals surface area contributed by atoms with Crippen molar-refractivity contribution in [2.24, 2.45) is 0 Å². The molecule has 162 valence electrons. The van der Waals surface area contributed by atoms with Gasteiger partial charge in [0.15, 0.2) is 5.58 Å². The van der Waals surface area contributed by atoms with Crippen molar-refractivity contribution in [2.45, 2.75) is 6.61 Å². The van der Waals surface area contributed by atoms with E-state index in [1.165, 1.54) is 0 Å². The lowest BCUT2D eigenvalue weighted by atomic mass is 10.2. The van der Waals surface area contributed by atoms with Crippen LogP contribution in [0.4, 0.5) is 4.79 Å². The lowest BCUT2D eigenvalue weighted by molar-refractivity contribution is 0.0742. The highest BCUT2D eigenvalue weighted by atomic mass is 35.5. The third-order valence-corrected chi connectivity index (χ3v) is 5.76. The first-order valence-electron chi connectivity index (χ1n) is 9.85. The average molecular weight is 462 g/mol. The summed E-state index contributed by atoms with van der Waals surface area (Å²) in [4.78, 5) is 30.1. The molecule has 3 aromatic rings. The van der Waals surface area contributed by atoms with Crippen LogP contribution in [-0.2, 0) is 11.3 Å². The first-order valence-corrected chi connectivity index (χ1v) is 10.6. The lowest BCUT2D eigenvalue weighted by Crippen LogP contribution is -2.48. The third kappa shape index (κ3) is 5.50. The van der Waals surface area contributed by atoms with Gasteiger partial charge in [0.1, 0.15) is 6.61 Å². The molecule has 1 fully saturated rings. The molecule has 0 bridgehead atoms. The zero-order valence-corrected chi connectivity index (χ0v) is 18.2. The molecule has 1 aliphatic heterocycles. The summed E-state index contributed by atoms with van der Waals surface area (Å²) in [6.45, 7) is 3.50. The summed E-state index contributed by atoms with van der Waals surface area (Å²) >= 11 is 12.3. The van der Waals surface area contributed by atoms with Gasteiger partial charge < -0.3 is 14.1 Å². The molecule has 2 heterocycles. The quantitative estimate of drug-likeness (QED) is 0.612. The van der Waals surface area contributed by atoms with Crippen LogP contribution < -0.4 is 5.76 Å². The molecule has 1 aromatic heterocycles. The molecule has 0 unspecified atom stereocenters. The number of H-pyrrole nitrogens is 1. The predicted molar refractivity (Wildman–Crippen MR) is 120 cm³/mol. The van der Waals surface area contributed by atoms with Gasteiger partial charge in [0, 0.05) is 42.8 Å². The number of halogens is 2. The van der Waals surface area contributed by atoms with Gasteiger partial charge in [0.05, 0.1) is 5.52 Å². The number of nitrogens with zero attached hydrogens (tertiary/aromatic N) is 2. The van der Waals surface area contributed by atoms with Gasteiger partial charge >= 0.3 is 11.8 Å². The maximum Gasteiger partial charge on any atom is 0.417 e. The molecule has 0 saturated carbocycles. The van der Waals surface area contributed by atoms with E-state index in [4.69, 9.17) is 32.4 Å². The van der Waals surface area contributed by atoms with Crippen molar-refractivity contribution in [1.82, 2.24) is 14.8 Å². The maximum atomic E-state index is 12.3. The van der Waals surface area contributed by atoms with Gasteiger partial charge in [-0.3, -0.25) is 9.88 Å². The van der Waals surface area contributed by atoms with Gasteiger partial charge in [-0.1, -0.05) is 47.5 Å². The molecule has 1 saturated heterocycles. The summed E-state index contributed by atoms with van der Waals surface area (Å²) < 4.78 is 10.5. The Morgan fingerprint density at radius 2 is 1.87 bits per heavy atom. The molecule has 7 nitrogen and oxygen atoms in total. The zero-order valence-electron chi connectivity index (χ0n) is 16.6. The van der Waals surface area contributed by atoms with E-state index in [0.29, 0.717) is 40.8 Å². The summed E-state index contributed by atoms with van der Waals surface area (Å²) in [6.07, 6.45) is 1.60. The molecule has 1 amide bonds. The number of ether oxygens (including phenoxy) is 1. The van der Waals surface area contributed by atoms with Crippen LogP contribution in [0.25, 0.3) is 16.1 Å². The number of hydrogen-bond acceptors (Lipinski definition) is 5. The number of piperazine rings is 1. The second kappa shape index (κ2) is 9.60. The van der Waals surface area contributed by atoms with Gasteiger partial charge in [-0.2, -0.15) is 0 Å². The van der Waals surface area contributed by atoms with Crippen LogP contribution in [0.15, 0.2) is 57.8 Å². The summed E-state index contributed by atoms with van der Waals surface area (Å²) in [7, 11) is 0. The van der Waals surface area contributed by atoms with Gasteiger partial charge in [-0.25, -0.2) is 9.59 Å². The molecule has 0 radical (unpaired) electrons. The van der Waals surface area contributed by atoms with Crippen molar-refractivity contribution in [1.29, 1.82) is 0 Å². The summed E-state index contributed by atoms with van der Waals surface area (Å²) in [6, 6.07) is 12.6. The van der Waals surface area contributed by atoms with Crippen LogP contribution in [0.1, 0.15) is 11.1 Å². The predicted octanol–water partition coefficient (Wildman–Crippen LogP) is 4.31. The number of fused-ring (bicyclic) bond motifs is 1. The standard InChI is InChI=1S/C22H21Cl2N3O4/c23-17-4-1-15(2-5-17)14-30-22(29)27-11-9-26(10-12-27)8-7-18(24)16-3-6-19-20(13-16)31-21(28)25-19/h1-7,13H,8-12,14H2,(H,25,28). The highest BCUT2D eigenvalue weighted by Gasteiger charge is 2.21. The van der Waals surface area contributed by atoms with E-state index in [1.807, 2.05) is 24.3 Å². The highest BCUT2D eigenvalue weighted by molar-refractivity contribution is 6.48. The van der Waals surface area contributed by atoms with E-state index >= 15 is 0 Å².